The summed E-state index contributed by atoms with van der Waals surface area (Å²) in [4.78, 5) is 14.0. The summed E-state index contributed by atoms with van der Waals surface area (Å²) in [6, 6.07) is 9.47. The Morgan fingerprint density at radius 3 is 2.74 bits per heavy atom. The fourth-order valence-corrected chi connectivity index (χ4v) is 4.33. The maximum atomic E-state index is 12.3. The van der Waals surface area contributed by atoms with Crippen molar-refractivity contribution in [3.63, 3.8) is 0 Å². The van der Waals surface area contributed by atoms with Crippen molar-refractivity contribution in [2.24, 2.45) is 0 Å². The van der Waals surface area contributed by atoms with Gasteiger partial charge in [-0.3, -0.25) is 0 Å². The first-order valence-corrected chi connectivity index (χ1v) is 8.76. The Bertz CT molecular complexity index is 557. The van der Waals surface area contributed by atoms with Gasteiger partial charge in [-0.1, -0.05) is 18.7 Å². The molecule has 0 unspecified atom stereocenters. The molecule has 2 amide bonds. The molecule has 0 radical (unpaired) electrons. The third kappa shape index (κ3) is 3.94. The summed E-state index contributed by atoms with van der Waals surface area (Å²) in [5.74, 6) is 0. The maximum absolute atomic E-state index is 12.3. The molecule has 2 atom stereocenters. The Morgan fingerprint density at radius 1 is 1.35 bits per heavy atom. The van der Waals surface area contributed by atoms with Gasteiger partial charge in [-0.15, -0.1) is 0 Å². The van der Waals surface area contributed by atoms with Gasteiger partial charge in [0.2, 0.25) is 0 Å². The minimum atomic E-state index is -0.0779. The first-order valence-electron chi connectivity index (χ1n) is 8.76. The number of hydrogen-bond donors (Lipinski definition) is 3. The predicted molar refractivity (Wildman–Crippen MR) is 93.8 cm³/mol. The smallest absolute Gasteiger partial charge is 0.319 e. The van der Waals surface area contributed by atoms with Crippen molar-refractivity contribution in [2.45, 2.75) is 57.2 Å². The quantitative estimate of drug-likeness (QED) is 0.734. The van der Waals surface area contributed by atoms with Crippen LogP contribution in [0.5, 0.6) is 0 Å². The van der Waals surface area contributed by atoms with E-state index in [-0.39, 0.29) is 6.03 Å². The fraction of sp³-hybridized carbons (Fsp3) is 0.526. The maximum Gasteiger partial charge on any atom is 0.319 e. The second-order valence-corrected chi connectivity index (χ2v) is 7.03. The number of hydrogen-bond acceptors (Lipinski definition) is 1. The summed E-state index contributed by atoms with van der Waals surface area (Å²) in [5.41, 5.74) is 2.01. The van der Waals surface area contributed by atoms with Crippen molar-refractivity contribution in [1.29, 1.82) is 0 Å². The number of piperidine rings is 2. The van der Waals surface area contributed by atoms with E-state index >= 15 is 0 Å². The Labute approximate surface area is 138 Å². The molecule has 0 aromatic heterocycles. The van der Waals surface area contributed by atoms with Crippen molar-refractivity contribution >= 4 is 11.7 Å². The van der Waals surface area contributed by atoms with Crippen LogP contribution in [0.25, 0.3) is 0 Å². The molecule has 4 nitrogen and oxygen atoms in total. The third-order valence-electron chi connectivity index (χ3n) is 5.28. The van der Waals surface area contributed by atoms with E-state index in [0.29, 0.717) is 18.1 Å². The van der Waals surface area contributed by atoms with Crippen LogP contribution in [-0.2, 0) is 0 Å². The van der Waals surface area contributed by atoms with E-state index in [0.717, 1.165) is 30.6 Å². The number of nitrogens with one attached hydrogen (secondary N) is 3. The average Bonchev–Trinajstić information content (AvgIpc) is 2.48. The lowest BCUT2D eigenvalue weighted by Crippen LogP contribution is -3.21. The highest BCUT2D eigenvalue weighted by molar-refractivity contribution is 5.89. The monoisotopic (exact) mass is 314 g/mol. The van der Waals surface area contributed by atoms with Crippen LogP contribution < -0.4 is 15.5 Å². The van der Waals surface area contributed by atoms with E-state index in [1.54, 1.807) is 4.90 Å². The molecule has 4 heteroatoms. The van der Waals surface area contributed by atoms with Gasteiger partial charge in [0.1, 0.15) is 0 Å². The first-order chi connectivity index (χ1) is 11.2. The predicted octanol–water partition coefficient (Wildman–Crippen LogP) is 2.27. The van der Waals surface area contributed by atoms with Gasteiger partial charge in [-0.05, 0) is 50.0 Å². The van der Waals surface area contributed by atoms with Gasteiger partial charge in [-0.25, -0.2) is 4.79 Å². The van der Waals surface area contributed by atoms with Crippen LogP contribution in [0, 0.1) is 6.92 Å². The molecule has 0 spiro atoms. The van der Waals surface area contributed by atoms with E-state index in [2.05, 4.69) is 17.2 Å². The highest BCUT2D eigenvalue weighted by Crippen LogP contribution is 2.22. The van der Waals surface area contributed by atoms with Crippen molar-refractivity contribution in [1.82, 2.24) is 5.32 Å². The molecule has 1 aromatic carbocycles. The number of fused-ring (bicyclic) bond motifs is 2. The van der Waals surface area contributed by atoms with Gasteiger partial charge in [-0.2, -0.15) is 0 Å². The lowest BCUT2D eigenvalue weighted by Gasteiger charge is -2.45. The molecule has 3 N–H and O–H groups in total. The van der Waals surface area contributed by atoms with E-state index < -0.39 is 0 Å². The minimum Gasteiger partial charge on any atom is -0.335 e. The Hall–Kier alpha value is -1.81. The van der Waals surface area contributed by atoms with Crippen LogP contribution in [0.3, 0.4) is 0 Å². The fourth-order valence-electron chi connectivity index (χ4n) is 4.33. The summed E-state index contributed by atoms with van der Waals surface area (Å²) in [6.07, 6.45) is 8.09. The number of amides is 2. The summed E-state index contributed by atoms with van der Waals surface area (Å²) in [6.45, 7) is 6.99. The molecular formula is C19H28N3O+. The second kappa shape index (κ2) is 7.18. The van der Waals surface area contributed by atoms with E-state index in [1.165, 1.54) is 19.3 Å². The van der Waals surface area contributed by atoms with E-state index in [9.17, 15) is 4.79 Å². The van der Waals surface area contributed by atoms with Crippen LogP contribution in [0.4, 0.5) is 10.5 Å². The largest absolute Gasteiger partial charge is 0.335 e. The molecule has 2 bridgehead atoms. The van der Waals surface area contributed by atoms with Crippen molar-refractivity contribution in [2.75, 3.05) is 11.9 Å². The van der Waals surface area contributed by atoms with Gasteiger partial charge >= 0.3 is 6.03 Å². The van der Waals surface area contributed by atoms with Crippen LogP contribution in [0.1, 0.15) is 37.7 Å². The molecule has 0 saturated carbocycles. The number of urea groups is 1. The average molecular weight is 314 g/mol. The van der Waals surface area contributed by atoms with Gasteiger partial charge in [0.15, 0.2) is 0 Å². The second-order valence-electron chi connectivity index (χ2n) is 7.03. The van der Waals surface area contributed by atoms with Crippen LogP contribution in [0.2, 0.25) is 0 Å². The molecule has 1 aromatic rings. The van der Waals surface area contributed by atoms with Crippen molar-refractivity contribution < 1.29 is 9.69 Å². The third-order valence-corrected chi connectivity index (χ3v) is 5.28. The Kier molecular flexibility index (Phi) is 5.01. The number of aryl methyl sites for hydroxylation is 1. The highest BCUT2D eigenvalue weighted by atomic mass is 16.2. The van der Waals surface area contributed by atoms with Crippen molar-refractivity contribution in [3.8, 4) is 0 Å². The topological polar surface area (TPSA) is 45.6 Å². The lowest BCUT2D eigenvalue weighted by molar-refractivity contribution is -0.955. The molecule has 23 heavy (non-hydrogen) atoms. The molecule has 3 rings (SSSR count). The summed E-state index contributed by atoms with van der Waals surface area (Å²) in [5, 5.41) is 6.15. The van der Waals surface area contributed by atoms with Gasteiger partial charge in [0.25, 0.3) is 0 Å². The lowest BCUT2D eigenvalue weighted by atomic mass is 9.82. The summed E-state index contributed by atoms with van der Waals surface area (Å²) < 4.78 is 0. The highest BCUT2D eigenvalue weighted by Gasteiger charge is 2.41. The number of carbonyl (C=O) groups excluding carboxylic acids is 1. The molecule has 2 aliphatic heterocycles. The van der Waals surface area contributed by atoms with Crippen LogP contribution in [-0.4, -0.2) is 30.7 Å². The van der Waals surface area contributed by atoms with Gasteiger partial charge < -0.3 is 15.5 Å². The molecule has 2 heterocycles. The summed E-state index contributed by atoms with van der Waals surface area (Å²) >= 11 is 0. The Balaban J connectivity index is 1.56. The number of benzene rings is 1. The number of quaternary nitrogens is 1. The molecule has 124 valence electrons. The molecule has 2 aliphatic rings. The van der Waals surface area contributed by atoms with E-state index in [1.807, 2.05) is 37.3 Å². The standard InChI is InChI=1S/C19H27N3O/c1-3-10-22-17-8-5-9-18(22)13-16(12-17)21-19(23)20-15-7-4-6-14(2)11-15/h3-4,6-7,11,16-18H,1,5,8-10,12-13H2,2H3,(H2,20,21,23)/p+1/t17-,18-/m1/s1. The molecular weight excluding hydrogens is 286 g/mol. The van der Waals surface area contributed by atoms with Crippen LogP contribution in [0.15, 0.2) is 36.9 Å². The SMILES string of the molecule is C=CC[NH+]1[C@@H]2CCC[C@@H]1CC(NC(=O)Nc1cccc(C)c1)C2. The van der Waals surface area contributed by atoms with Gasteiger partial charge in [0, 0.05) is 24.6 Å². The van der Waals surface area contributed by atoms with Crippen molar-refractivity contribution in [3.05, 3.63) is 42.5 Å². The van der Waals surface area contributed by atoms with Crippen LogP contribution >= 0.6 is 0 Å². The molecule has 0 aliphatic carbocycles. The van der Waals surface area contributed by atoms with Gasteiger partial charge in [0.05, 0.1) is 18.6 Å². The molecule has 2 saturated heterocycles. The normalized spacial score (nSPS) is 29.6. The first kappa shape index (κ1) is 16.1. The van der Waals surface area contributed by atoms with E-state index in [4.69, 9.17) is 0 Å². The zero-order valence-electron chi connectivity index (χ0n) is 14.0. The number of carbonyl (C=O) groups is 1. The zero-order chi connectivity index (χ0) is 16.2. The summed E-state index contributed by atoms with van der Waals surface area (Å²) in [7, 11) is 0. The minimum absolute atomic E-state index is 0.0779. The number of anilines is 1. The molecule has 2 fully saturated rings. The number of rotatable bonds is 4. The zero-order valence-corrected chi connectivity index (χ0v) is 14.0. The Morgan fingerprint density at radius 2 is 2.09 bits per heavy atom.